The number of hydrogen-bond acceptors (Lipinski definition) is 4. The van der Waals surface area contributed by atoms with Crippen LogP contribution in [0.15, 0.2) is 48.5 Å². The first-order valence-electron chi connectivity index (χ1n) is 8.49. The van der Waals surface area contributed by atoms with Gasteiger partial charge in [-0.2, -0.15) is 0 Å². The number of nitrogens with zero attached hydrogens (tertiary/aromatic N) is 2. The lowest BCUT2D eigenvalue weighted by Crippen LogP contribution is -2.40. The van der Waals surface area contributed by atoms with Gasteiger partial charge in [-0.25, -0.2) is 0 Å². The highest BCUT2D eigenvalue weighted by Gasteiger charge is 2.16. The number of anilines is 1. The Hall–Kier alpha value is -2.57. The highest BCUT2D eigenvalue weighted by molar-refractivity contribution is 6.33. The monoisotopic (exact) mass is 389 g/mol. The van der Waals surface area contributed by atoms with Crippen molar-refractivity contribution in [2.45, 2.75) is 6.54 Å². The lowest BCUT2D eigenvalue weighted by molar-refractivity contribution is -0.134. The van der Waals surface area contributed by atoms with Crippen LogP contribution in [0.2, 0.25) is 5.02 Å². The molecule has 0 radical (unpaired) electrons. The second-order valence-corrected chi connectivity index (χ2v) is 6.71. The van der Waals surface area contributed by atoms with Crippen LogP contribution in [0, 0.1) is 0 Å². The third kappa shape index (κ3) is 6.58. The first-order valence-corrected chi connectivity index (χ1v) is 8.86. The first-order chi connectivity index (χ1) is 12.9. The van der Waals surface area contributed by atoms with Crippen LogP contribution in [0.25, 0.3) is 0 Å². The third-order valence-corrected chi connectivity index (χ3v) is 4.28. The molecule has 0 aromatic heterocycles. The molecular weight excluding hydrogens is 366 g/mol. The second-order valence-electron chi connectivity index (χ2n) is 6.30. The van der Waals surface area contributed by atoms with Crippen molar-refractivity contribution in [1.29, 1.82) is 0 Å². The number of likely N-dealkylation sites (N-methyl/N-ethyl adjacent to an activating group) is 2. The van der Waals surface area contributed by atoms with Crippen LogP contribution in [-0.4, -0.2) is 55.9 Å². The number of para-hydroxylation sites is 1. The number of hydrogen-bond donors (Lipinski definition) is 1. The molecule has 0 aliphatic heterocycles. The zero-order chi connectivity index (χ0) is 19.8. The van der Waals surface area contributed by atoms with E-state index in [0.29, 0.717) is 17.3 Å². The molecule has 2 rings (SSSR count). The predicted molar refractivity (Wildman–Crippen MR) is 107 cm³/mol. The Bertz CT molecular complexity index is 798. The molecule has 0 aliphatic carbocycles. The minimum Gasteiger partial charge on any atom is -0.497 e. The average Bonchev–Trinajstić information content (AvgIpc) is 2.63. The molecular formula is C20H24ClN3O3. The van der Waals surface area contributed by atoms with E-state index in [0.717, 1.165) is 11.3 Å². The maximum Gasteiger partial charge on any atom is 0.244 e. The normalized spacial score (nSPS) is 10.6. The molecule has 27 heavy (non-hydrogen) atoms. The van der Waals surface area contributed by atoms with Crippen molar-refractivity contribution >= 4 is 29.1 Å². The van der Waals surface area contributed by atoms with Crippen molar-refractivity contribution in [2.24, 2.45) is 0 Å². The van der Waals surface area contributed by atoms with E-state index in [1.807, 2.05) is 36.2 Å². The topological polar surface area (TPSA) is 61.9 Å². The van der Waals surface area contributed by atoms with Gasteiger partial charge in [-0.05, 0) is 36.9 Å². The molecule has 7 heteroatoms. The summed E-state index contributed by atoms with van der Waals surface area (Å²) in [5.74, 6) is 0.338. The summed E-state index contributed by atoms with van der Waals surface area (Å²) in [4.78, 5) is 27.8. The maximum absolute atomic E-state index is 12.4. The van der Waals surface area contributed by atoms with Gasteiger partial charge in [-0.3, -0.25) is 14.5 Å². The van der Waals surface area contributed by atoms with E-state index in [9.17, 15) is 9.59 Å². The van der Waals surface area contributed by atoms with Gasteiger partial charge in [0.05, 0.1) is 30.9 Å². The summed E-state index contributed by atoms with van der Waals surface area (Å²) in [5.41, 5.74) is 1.57. The number of rotatable bonds is 8. The van der Waals surface area contributed by atoms with Crippen molar-refractivity contribution in [1.82, 2.24) is 9.80 Å². The molecule has 6 nitrogen and oxygen atoms in total. The van der Waals surface area contributed by atoms with E-state index in [4.69, 9.17) is 16.3 Å². The number of carbonyl (C=O) groups is 2. The van der Waals surface area contributed by atoms with Crippen molar-refractivity contribution in [2.75, 3.05) is 39.6 Å². The van der Waals surface area contributed by atoms with Gasteiger partial charge >= 0.3 is 0 Å². The van der Waals surface area contributed by atoms with Gasteiger partial charge in [0.25, 0.3) is 0 Å². The fourth-order valence-corrected chi connectivity index (χ4v) is 2.73. The minimum absolute atomic E-state index is 0.0446. The number of amides is 2. The molecule has 2 aromatic carbocycles. The molecule has 2 aromatic rings. The smallest absolute Gasteiger partial charge is 0.244 e. The Morgan fingerprint density at radius 1 is 1.07 bits per heavy atom. The number of benzene rings is 2. The van der Waals surface area contributed by atoms with Gasteiger partial charge in [-0.15, -0.1) is 0 Å². The van der Waals surface area contributed by atoms with Crippen molar-refractivity contribution < 1.29 is 14.3 Å². The third-order valence-electron chi connectivity index (χ3n) is 3.95. The summed E-state index contributed by atoms with van der Waals surface area (Å²) in [6, 6.07) is 14.7. The summed E-state index contributed by atoms with van der Waals surface area (Å²) in [6.45, 7) is 0.757. The van der Waals surface area contributed by atoms with Crippen LogP contribution in [0.5, 0.6) is 5.75 Å². The molecule has 0 unspecified atom stereocenters. The fourth-order valence-electron chi connectivity index (χ4n) is 2.55. The lowest BCUT2D eigenvalue weighted by Gasteiger charge is -2.22. The quantitative estimate of drug-likeness (QED) is 0.754. The molecule has 0 saturated carbocycles. The summed E-state index contributed by atoms with van der Waals surface area (Å²) < 4.78 is 5.21. The maximum atomic E-state index is 12.4. The zero-order valence-corrected chi connectivity index (χ0v) is 16.5. The molecule has 0 fully saturated rings. The van der Waals surface area contributed by atoms with Gasteiger partial charge in [0.15, 0.2) is 0 Å². The summed E-state index contributed by atoms with van der Waals surface area (Å²) in [7, 11) is 5.08. The molecule has 144 valence electrons. The predicted octanol–water partition coefficient (Wildman–Crippen LogP) is 2.88. The van der Waals surface area contributed by atoms with Crippen LogP contribution in [-0.2, 0) is 16.1 Å². The Kier molecular flexibility index (Phi) is 7.64. The van der Waals surface area contributed by atoms with Gasteiger partial charge in [0.1, 0.15) is 5.75 Å². The van der Waals surface area contributed by atoms with Crippen LogP contribution < -0.4 is 10.1 Å². The highest BCUT2D eigenvalue weighted by atomic mass is 35.5. The highest BCUT2D eigenvalue weighted by Crippen LogP contribution is 2.20. The second kappa shape index (κ2) is 9.94. The molecule has 0 heterocycles. The van der Waals surface area contributed by atoms with Crippen molar-refractivity contribution in [3.63, 3.8) is 0 Å². The SMILES string of the molecule is COc1cccc(CN(C)CC(=O)N(C)CC(=O)Nc2ccccc2Cl)c1. The van der Waals surface area contributed by atoms with Crippen molar-refractivity contribution in [3.05, 3.63) is 59.1 Å². The van der Waals surface area contributed by atoms with Gasteiger partial charge < -0.3 is 15.0 Å². The lowest BCUT2D eigenvalue weighted by atomic mass is 10.2. The molecule has 2 amide bonds. The fraction of sp³-hybridized carbons (Fsp3) is 0.300. The van der Waals surface area contributed by atoms with Crippen LogP contribution in [0.4, 0.5) is 5.69 Å². The van der Waals surface area contributed by atoms with E-state index >= 15 is 0 Å². The van der Waals surface area contributed by atoms with Gasteiger partial charge in [0, 0.05) is 13.6 Å². The van der Waals surface area contributed by atoms with Crippen LogP contribution in [0.1, 0.15) is 5.56 Å². The van der Waals surface area contributed by atoms with E-state index in [2.05, 4.69) is 5.32 Å². The molecule has 0 bridgehead atoms. The summed E-state index contributed by atoms with van der Waals surface area (Å²) in [5, 5.41) is 3.17. The Morgan fingerprint density at radius 2 is 1.81 bits per heavy atom. The number of nitrogens with one attached hydrogen (secondary N) is 1. The molecule has 0 aliphatic rings. The Labute approximate surface area is 164 Å². The standard InChI is InChI=1S/C20H24ClN3O3/c1-23(12-15-7-6-8-16(11-15)27-3)14-20(26)24(2)13-19(25)22-18-10-5-4-9-17(18)21/h4-11H,12-14H2,1-3H3,(H,22,25). The number of ether oxygens (including phenoxy) is 1. The average molecular weight is 390 g/mol. The molecule has 1 N–H and O–H groups in total. The molecule has 0 spiro atoms. The molecule has 0 atom stereocenters. The number of carbonyl (C=O) groups excluding carboxylic acids is 2. The van der Waals surface area contributed by atoms with Crippen LogP contribution in [0.3, 0.4) is 0 Å². The first kappa shape index (κ1) is 20.7. The van der Waals surface area contributed by atoms with E-state index in [1.165, 1.54) is 4.90 Å². The summed E-state index contributed by atoms with van der Waals surface area (Å²) in [6.07, 6.45) is 0. The summed E-state index contributed by atoms with van der Waals surface area (Å²) >= 11 is 6.02. The Balaban J connectivity index is 1.83. The van der Waals surface area contributed by atoms with E-state index < -0.39 is 0 Å². The Morgan fingerprint density at radius 3 is 2.52 bits per heavy atom. The van der Waals surface area contributed by atoms with Gasteiger partial charge in [0.2, 0.25) is 11.8 Å². The van der Waals surface area contributed by atoms with E-state index in [1.54, 1.807) is 38.4 Å². The minimum atomic E-state index is -0.297. The van der Waals surface area contributed by atoms with Gasteiger partial charge in [-0.1, -0.05) is 35.9 Å². The number of methoxy groups -OCH3 is 1. The zero-order valence-electron chi connectivity index (χ0n) is 15.7. The largest absolute Gasteiger partial charge is 0.497 e. The number of halogens is 1. The van der Waals surface area contributed by atoms with E-state index in [-0.39, 0.29) is 24.9 Å². The van der Waals surface area contributed by atoms with Crippen molar-refractivity contribution in [3.8, 4) is 5.75 Å². The molecule has 0 saturated heterocycles. The van der Waals surface area contributed by atoms with Crippen LogP contribution >= 0.6 is 11.6 Å².